The van der Waals surface area contributed by atoms with Crippen LogP contribution in [0.3, 0.4) is 0 Å². The summed E-state index contributed by atoms with van der Waals surface area (Å²) in [5, 5.41) is 7.03. The summed E-state index contributed by atoms with van der Waals surface area (Å²) < 4.78 is 5.48. The number of nitrogens with one attached hydrogen (secondary N) is 1. The number of fused-ring (bicyclic) bond motifs is 1. The van der Waals surface area contributed by atoms with Crippen LogP contribution in [0.1, 0.15) is 43.7 Å². The maximum atomic E-state index is 11.7. The predicted molar refractivity (Wildman–Crippen MR) is 84.2 cm³/mol. The number of hydrogen-bond donors (Lipinski definition) is 1. The van der Waals surface area contributed by atoms with Crippen molar-refractivity contribution in [1.29, 1.82) is 0 Å². The first-order valence-electron chi connectivity index (χ1n) is 7.94. The van der Waals surface area contributed by atoms with Gasteiger partial charge in [-0.25, -0.2) is 0 Å². The van der Waals surface area contributed by atoms with Crippen molar-refractivity contribution >= 4 is 11.6 Å². The first-order valence-corrected chi connectivity index (χ1v) is 7.94. The standard InChI is InChI=1S/C17H22N2O3/c1-12(13-6-7-16-14(10-13)8-9-21-16)19-22-11-17(20)18-15-4-2-3-5-15/h6-7,10,15H,2-5,8-9,11H2,1H3,(H,18,20). The van der Waals surface area contributed by atoms with E-state index in [0.717, 1.165) is 42.9 Å². The molecule has 1 N–H and O–H groups in total. The molecule has 1 aromatic rings. The van der Waals surface area contributed by atoms with Crippen LogP contribution < -0.4 is 10.1 Å². The predicted octanol–water partition coefficient (Wildman–Crippen LogP) is 2.42. The number of nitrogens with zero attached hydrogens (tertiary/aromatic N) is 1. The lowest BCUT2D eigenvalue weighted by atomic mass is 10.1. The van der Waals surface area contributed by atoms with E-state index in [-0.39, 0.29) is 12.5 Å². The Morgan fingerprint density at radius 3 is 3.05 bits per heavy atom. The van der Waals surface area contributed by atoms with Crippen LogP contribution in [0, 0.1) is 0 Å². The molecule has 1 heterocycles. The highest BCUT2D eigenvalue weighted by molar-refractivity contribution is 5.98. The molecule has 0 spiro atoms. The second-order valence-corrected chi connectivity index (χ2v) is 5.92. The highest BCUT2D eigenvalue weighted by Crippen LogP contribution is 2.26. The van der Waals surface area contributed by atoms with E-state index in [2.05, 4.69) is 16.5 Å². The number of hydrogen-bond acceptors (Lipinski definition) is 4. The van der Waals surface area contributed by atoms with Crippen LogP contribution in [0.25, 0.3) is 0 Å². The Morgan fingerprint density at radius 2 is 2.23 bits per heavy atom. The number of carbonyl (C=O) groups is 1. The summed E-state index contributed by atoms with van der Waals surface area (Å²) in [6, 6.07) is 6.32. The van der Waals surface area contributed by atoms with E-state index in [4.69, 9.17) is 9.57 Å². The molecule has 1 amide bonds. The highest BCUT2D eigenvalue weighted by Gasteiger charge is 2.17. The van der Waals surface area contributed by atoms with Gasteiger partial charge in [0.05, 0.1) is 12.3 Å². The quantitative estimate of drug-likeness (QED) is 0.671. The molecule has 118 valence electrons. The van der Waals surface area contributed by atoms with Crippen molar-refractivity contribution in [1.82, 2.24) is 5.32 Å². The van der Waals surface area contributed by atoms with Crippen molar-refractivity contribution in [2.24, 2.45) is 5.16 Å². The molecule has 0 unspecified atom stereocenters. The largest absolute Gasteiger partial charge is 0.493 e. The fourth-order valence-corrected chi connectivity index (χ4v) is 2.99. The summed E-state index contributed by atoms with van der Waals surface area (Å²) in [5.41, 5.74) is 2.97. The molecule has 0 atom stereocenters. The maximum absolute atomic E-state index is 11.7. The summed E-state index contributed by atoms with van der Waals surface area (Å²) >= 11 is 0. The topological polar surface area (TPSA) is 59.9 Å². The molecule has 0 saturated heterocycles. The molecule has 2 aliphatic rings. The SMILES string of the molecule is CC(=NOCC(=O)NC1CCCC1)c1ccc2c(c1)CCO2. The number of oxime groups is 1. The Bertz CT molecular complexity index is 577. The van der Waals surface area contributed by atoms with Crippen molar-refractivity contribution in [3.63, 3.8) is 0 Å². The third-order valence-corrected chi connectivity index (χ3v) is 4.22. The smallest absolute Gasteiger partial charge is 0.260 e. The van der Waals surface area contributed by atoms with Crippen molar-refractivity contribution < 1.29 is 14.4 Å². The Hall–Kier alpha value is -2.04. The zero-order chi connectivity index (χ0) is 15.4. The van der Waals surface area contributed by atoms with Crippen LogP contribution in [-0.4, -0.2) is 30.9 Å². The Kier molecular flexibility index (Phi) is 4.61. The maximum Gasteiger partial charge on any atom is 0.260 e. The van der Waals surface area contributed by atoms with E-state index in [9.17, 15) is 4.79 Å². The average Bonchev–Trinajstić information content (AvgIpc) is 3.17. The molecule has 5 nitrogen and oxygen atoms in total. The summed E-state index contributed by atoms with van der Waals surface area (Å²) in [6.07, 6.45) is 5.48. The minimum atomic E-state index is -0.0918. The molecule has 1 aromatic carbocycles. The molecule has 1 fully saturated rings. The number of amides is 1. The number of rotatable bonds is 5. The van der Waals surface area contributed by atoms with E-state index < -0.39 is 0 Å². The number of ether oxygens (including phenoxy) is 1. The summed E-state index contributed by atoms with van der Waals surface area (Å²) in [6.45, 7) is 2.60. The van der Waals surface area contributed by atoms with Crippen LogP contribution in [-0.2, 0) is 16.1 Å². The van der Waals surface area contributed by atoms with E-state index >= 15 is 0 Å². The van der Waals surface area contributed by atoms with Crippen LogP contribution in [0.15, 0.2) is 23.4 Å². The molecular formula is C17H22N2O3. The van der Waals surface area contributed by atoms with Gasteiger partial charge in [-0.15, -0.1) is 0 Å². The summed E-state index contributed by atoms with van der Waals surface area (Å²) in [7, 11) is 0. The van der Waals surface area contributed by atoms with Crippen LogP contribution in [0.4, 0.5) is 0 Å². The van der Waals surface area contributed by atoms with E-state index in [1.165, 1.54) is 18.4 Å². The Balaban J connectivity index is 1.50. The molecule has 5 heteroatoms. The van der Waals surface area contributed by atoms with Gasteiger partial charge >= 0.3 is 0 Å². The van der Waals surface area contributed by atoms with Gasteiger partial charge in [0.2, 0.25) is 0 Å². The minimum Gasteiger partial charge on any atom is -0.493 e. The summed E-state index contributed by atoms with van der Waals surface area (Å²) in [4.78, 5) is 16.9. The van der Waals surface area contributed by atoms with Gasteiger partial charge in [-0.2, -0.15) is 0 Å². The lowest BCUT2D eigenvalue weighted by Gasteiger charge is -2.11. The van der Waals surface area contributed by atoms with Crippen molar-refractivity contribution in [2.45, 2.75) is 45.1 Å². The molecular weight excluding hydrogens is 280 g/mol. The molecule has 0 aromatic heterocycles. The third-order valence-electron chi connectivity index (χ3n) is 4.22. The fraction of sp³-hybridized carbons (Fsp3) is 0.529. The second-order valence-electron chi connectivity index (χ2n) is 5.92. The van der Waals surface area contributed by atoms with Crippen molar-refractivity contribution in [2.75, 3.05) is 13.2 Å². The molecule has 1 aliphatic carbocycles. The van der Waals surface area contributed by atoms with Gasteiger partial charge in [0.15, 0.2) is 6.61 Å². The van der Waals surface area contributed by atoms with Gasteiger partial charge in [0.25, 0.3) is 5.91 Å². The van der Waals surface area contributed by atoms with Crippen molar-refractivity contribution in [3.05, 3.63) is 29.3 Å². The Labute approximate surface area is 130 Å². The third kappa shape index (κ3) is 3.59. The molecule has 3 rings (SSSR count). The second kappa shape index (κ2) is 6.81. The first-order chi connectivity index (χ1) is 10.7. The lowest BCUT2D eigenvalue weighted by Crippen LogP contribution is -2.35. The molecule has 0 radical (unpaired) electrons. The average molecular weight is 302 g/mol. The van der Waals surface area contributed by atoms with Crippen LogP contribution >= 0.6 is 0 Å². The number of carbonyl (C=O) groups excluding carboxylic acids is 1. The van der Waals surface area contributed by atoms with E-state index in [0.29, 0.717) is 6.04 Å². The lowest BCUT2D eigenvalue weighted by molar-refractivity contribution is -0.126. The minimum absolute atomic E-state index is 0.0259. The zero-order valence-electron chi connectivity index (χ0n) is 12.9. The monoisotopic (exact) mass is 302 g/mol. The molecule has 1 saturated carbocycles. The summed E-state index contributed by atoms with van der Waals surface area (Å²) in [5.74, 6) is 0.860. The molecule has 22 heavy (non-hydrogen) atoms. The van der Waals surface area contributed by atoms with Crippen molar-refractivity contribution in [3.8, 4) is 5.75 Å². The first kappa shape index (κ1) is 14.9. The fourth-order valence-electron chi connectivity index (χ4n) is 2.99. The van der Waals surface area contributed by atoms with E-state index in [1.807, 2.05) is 19.1 Å². The number of benzene rings is 1. The molecule has 0 bridgehead atoms. The van der Waals surface area contributed by atoms with Gasteiger partial charge in [0, 0.05) is 12.5 Å². The van der Waals surface area contributed by atoms with Gasteiger partial charge in [-0.1, -0.05) is 18.0 Å². The zero-order valence-corrected chi connectivity index (χ0v) is 12.9. The highest BCUT2D eigenvalue weighted by atomic mass is 16.6. The van der Waals surface area contributed by atoms with Crippen LogP contribution in [0.2, 0.25) is 0 Å². The van der Waals surface area contributed by atoms with Gasteiger partial charge in [-0.3, -0.25) is 4.79 Å². The normalized spacial score (nSPS) is 18.0. The van der Waals surface area contributed by atoms with Gasteiger partial charge in [0.1, 0.15) is 5.75 Å². The van der Waals surface area contributed by atoms with Gasteiger partial charge in [-0.05, 0) is 49.1 Å². The van der Waals surface area contributed by atoms with Crippen LogP contribution in [0.5, 0.6) is 5.75 Å². The Morgan fingerprint density at radius 1 is 1.41 bits per heavy atom. The van der Waals surface area contributed by atoms with E-state index in [1.54, 1.807) is 0 Å². The van der Waals surface area contributed by atoms with Gasteiger partial charge < -0.3 is 14.9 Å². The molecule has 1 aliphatic heterocycles.